The molecule has 0 radical (unpaired) electrons. The van der Waals surface area contributed by atoms with Gasteiger partial charge in [-0.15, -0.1) is 11.8 Å². The van der Waals surface area contributed by atoms with Crippen molar-refractivity contribution in [2.24, 2.45) is 5.92 Å². The molecule has 6 N–H and O–H groups in total. The highest BCUT2D eigenvalue weighted by molar-refractivity contribution is 7.99. The van der Waals surface area contributed by atoms with Gasteiger partial charge in [0.25, 0.3) is 0 Å². The molecule has 2 fully saturated rings. The Morgan fingerprint density at radius 1 is 0.684 bits per heavy atom. The van der Waals surface area contributed by atoms with Gasteiger partial charge in [-0.1, -0.05) is 37.1 Å². The van der Waals surface area contributed by atoms with E-state index in [1.165, 1.54) is 18.2 Å². The number of ether oxygens (including phenoxy) is 3. The van der Waals surface area contributed by atoms with Gasteiger partial charge in [0.1, 0.15) is 22.8 Å². The number of hydrogen-bond acceptors (Lipinski definition) is 11. The number of methoxy groups -OCH3 is 2. The number of aryl methyl sites for hydroxylation is 3. The number of aromatic carboxylic acids is 1. The lowest BCUT2D eigenvalue weighted by Gasteiger charge is -2.38. The molecule has 3 amide bonds. The van der Waals surface area contributed by atoms with Gasteiger partial charge in [0.05, 0.1) is 38.0 Å². The van der Waals surface area contributed by atoms with Gasteiger partial charge in [-0.25, -0.2) is 9.59 Å². The monoisotopic (exact) mass is 1060 g/mol. The van der Waals surface area contributed by atoms with Crippen LogP contribution in [0.15, 0.2) is 83.8 Å². The summed E-state index contributed by atoms with van der Waals surface area (Å²) < 4.78 is 16.5. The number of nitrogens with one attached hydrogen (secondary N) is 3. The zero-order valence-electron chi connectivity index (χ0n) is 43.7. The topological polar surface area (TPSA) is 244 Å². The van der Waals surface area contributed by atoms with Crippen molar-refractivity contribution in [2.75, 3.05) is 31.9 Å². The van der Waals surface area contributed by atoms with Crippen molar-refractivity contribution in [2.45, 2.75) is 115 Å². The van der Waals surface area contributed by atoms with Gasteiger partial charge in [-0.05, 0) is 159 Å². The first kappa shape index (κ1) is 56.1. The fourth-order valence-corrected chi connectivity index (χ4v) is 11.2. The van der Waals surface area contributed by atoms with Gasteiger partial charge in [-0.2, -0.15) is 0 Å². The number of carbonyl (C=O) groups is 7. The van der Waals surface area contributed by atoms with Gasteiger partial charge < -0.3 is 45.5 Å². The van der Waals surface area contributed by atoms with E-state index < -0.39 is 35.3 Å². The van der Waals surface area contributed by atoms with Crippen LogP contribution in [0.5, 0.6) is 17.2 Å². The average Bonchev–Trinajstić information content (AvgIpc) is 3.38. The number of aliphatic carboxylic acids is 2. The second kappa shape index (κ2) is 24.8. The molecular formula is C59H65N3O13S. The van der Waals surface area contributed by atoms with E-state index in [1.807, 2.05) is 45.9 Å². The Labute approximate surface area is 446 Å². The number of carboxylic acid groups (broad SMARTS) is 3. The van der Waals surface area contributed by atoms with Crippen LogP contribution in [0.25, 0.3) is 16.7 Å². The molecule has 0 aromatic heterocycles. The van der Waals surface area contributed by atoms with E-state index >= 15 is 0 Å². The third-order valence-corrected chi connectivity index (χ3v) is 15.7. The number of ketones is 1. The van der Waals surface area contributed by atoms with Crippen molar-refractivity contribution in [3.8, 4) is 17.2 Å². The maximum Gasteiger partial charge on any atom is 0.337 e. The first-order valence-electron chi connectivity index (χ1n) is 25.4. The number of para-hydroxylation sites is 1. The molecule has 2 unspecified atom stereocenters. The van der Waals surface area contributed by atoms with E-state index in [0.29, 0.717) is 67.6 Å². The number of rotatable bonds is 11. The Bertz CT molecular complexity index is 3060. The molecule has 5 aliphatic rings. The molecule has 0 bridgehead atoms. The lowest BCUT2D eigenvalue weighted by Crippen LogP contribution is -2.58. The van der Waals surface area contributed by atoms with Crippen LogP contribution in [0, 0.1) is 33.6 Å². The van der Waals surface area contributed by atoms with Crippen LogP contribution < -0.4 is 30.2 Å². The van der Waals surface area contributed by atoms with E-state index in [0.717, 1.165) is 98.8 Å². The minimum Gasteiger partial charge on any atom is -0.496 e. The molecule has 76 heavy (non-hydrogen) atoms. The quantitative estimate of drug-likeness (QED) is 0.0766. The molecule has 400 valence electrons. The van der Waals surface area contributed by atoms with Crippen molar-refractivity contribution in [3.63, 3.8) is 0 Å². The number of Topliss-reactive ketones (excluding diaryl/α,β-unsaturated/α-hetero) is 1. The maximum atomic E-state index is 12.5. The zero-order valence-corrected chi connectivity index (χ0v) is 44.5. The van der Waals surface area contributed by atoms with Crippen LogP contribution in [-0.2, 0) is 24.0 Å². The summed E-state index contributed by atoms with van der Waals surface area (Å²) in [5.74, 6) is -1.12. The number of anilines is 1. The van der Waals surface area contributed by atoms with Gasteiger partial charge in [0.15, 0.2) is 5.78 Å². The van der Waals surface area contributed by atoms with Gasteiger partial charge in [-0.3, -0.25) is 24.0 Å². The second-order valence-electron chi connectivity index (χ2n) is 19.6. The minimum atomic E-state index is -1.12. The van der Waals surface area contributed by atoms with Crippen molar-refractivity contribution in [1.29, 1.82) is 0 Å². The third kappa shape index (κ3) is 13.0. The fourth-order valence-electron chi connectivity index (χ4n) is 10.1. The van der Waals surface area contributed by atoms with Crippen LogP contribution in [-0.4, -0.2) is 94.9 Å². The highest BCUT2D eigenvalue weighted by Crippen LogP contribution is 2.42. The first-order valence-corrected chi connectivity index (χ1v) is 26.4. The van der Waals surface area contributed by atoms with Crippen LogP contribution >= 0.6 is 11.8 Å². The number of hydrogen-bond donors (Lipinski definition) is 6. The Morgan fingerprint density at radius 3 is 2.00 bits per heavy atom. The van der Waals surface area contributed by atoms with E-state index in [1.54, 1.807) is 62.4 Å². The molecule has 0 saturated heterocycles. The second-order valence-corrected chi connectivity index (χ2v) is 20.7. The van der Waals surface area contributed by atoms with E-state index in [-0.39, 0.29) is 34.9 Å². The molecule has 3 aliphatic carbocycles. The molecule has 2 saturated carbocycles. The molecule has 4 aromatic rings. The SMILES string of the molecule is COc1cc2c(cc1C)C(=O)CC/C2=C\C(=O)Nc1ccccc1C(=O)O.COc1cc2c(cc1C)SCC/C2=C\C(=O)NC1(C(=O)O)CCC1.Cc1ccc2c(c1C)OCC/C2=C\C(=O)NC1CCCCC1C(=O)O. The molecule has 17 heteroatoms. The van der Waals surface area contributed by atoms with Gasteiger partial charge in [0.2, 0.25) is 17.7 Å². The minimum absolute atomic E-state index is 0.0146. The molecule has 2 heterocycles. The molecule has 4 aromatic carbocycles. The van der Waals surface area contributed by atoms with Crippen LogP contribution in [0.2, 0.25) is 0 Å². The van der Waals surface area contributed by atoms with E-state index in [4.69, 9.17) is 14.2 Å². The lowest BCUT2D eigenvalue weighted by molar-refractivity contribution is -0.151. The number of allylic oxidation sites excluding steroid dienone is 2. The Balaban J connectivity index is 0.000000166. The summed E-state index contributed by atoms with van der Waals surface area (Å²) in [5, 5.41) is 36.1. The summed E-state index contributed by atoms with van der Waals surface area (Å²) in [6.07, 6.45) is 11.8. The molecule has 0 spiro atoms. The highest BCUT2D eigenvalue weighted by atomic mass is 32.2. The molecular weight excluding hydrogens is 991 g/mol. The zero-order chi connectivity index (χ0) is 54.8. The normalized spacial score (nSPS) is 19.5. The van der Waals surface area contributed by atoms with E-state index in [2.05, 4.69) is 22.0 Å². The Morgan fingerprint density at radius 2 is 1.33 bits per heavy atom. The summed E-state index contributed by atoms with van der Waals surface area (Å²) in [4.78, 5) is 84.8. The predicted octanol–water partition coefficient (Wildman–Crippen LogP) is 9.94. The number of carboxylic acids is 3. The molecule has 9 rings (SSSR count). The van der Waals surface area contributed by atoms with Crippen LogP contribution in [0.1, 0.15) is 130 Å². The molecule has 2 atom stereocenters. The van der Waals surface area contributed by atoms with Gasteiger partial charge in [0, 0.05) is 58.9 Å². The number of carbonyl (C=O) groups excluding carboxylic acids is 4. The van der Waals surface area contributed by atoms with Crippen LogP contribution in [0.4, 0.5) is 5.69 Å². The van der Waals surface area contributed by atoms with Crippen molar-refractivity contribution >= 4 is 75.6 Å². The number of fused-ring (bicyclic) bond motifs is 3. The van der Waals surface area contributed by atoms with Crippen molar-refractivity contribution in [3.05, 3.63) is 129 Å². The largest absolute Gasteiger partial charge is 0.496 e. The maximum absolute atomic E-state index is 12.5. The Hall–Kier alpha value is -7.66. The molecule has 2 aliphatic heterocycles. The summed E-state index contributed by atoms with van der Waals surface area (Å²) in [6.45, 7) is 8.48. The Kier molecular flexibility index (Phi) is 18.3. The summed E-state index contributed by atoms with van der Waals surface area (Å²) >= 11 is 1.76. The average molecular weight is 1060 g/mol. The number of thioether (sulfide) groups is 1. The van der Waals surface area contributed by atoms with Gasteiger partial charge >= 0.3 is 17.9 Å². The van der Waals surface area contributed by atoms with Crippen molar-refractivity contribution in [1.82, 2.24) is 10.6 Å². The first-order chi connectivity index (χ1) is 36.3. The third-order valence-electron chi connectivity index (χ3n) is 14.6. The summed E-state index contributed by atoms with van der Waals surface area (Å²) in [6, 6.07) is 17.5. The standard InChI is InChI=1S/C21H19NO5.C20H25NO4.C18H21NO4S/c1-12-9-16-15(11-19(12)27-2)13(7-8-18(16)23)10-20(24)22-17-6-4-3-5-14(17)21(25)26;1-12-7-8-15-14(9-10-25-19(15)13(12)2)11-18(22)21-17-6-4-3-5-16(17)20(23)24;1-11-8-15-13(10-14(11)23-2)12(4-7-24-15)9-16(20)19-18(17(21)22)5-3-6-18/h3-6,9-11H,7-8H2,1-2H3,(H,22,24)(H,25,26);7-8,11,16-17H,3-6,9-10H2,1-2H3,(H,21,22)(H,23,24);8-10H,3-7H2,1-2H3,(H,19,20)(H,21,22)/b13-10+;14-11+;12-9+. The summed E-state index contributed by atoms with van der Waals surface area (Å²) in [5.41, 5.74) is 9.14. The smallest absolute Gasteiger partial charge is 0.337 e. The van der Waals surface area contributed by atoms with Crippen molar-refractivity contribution < 1.29 is 63.1 Å². The summed E-state index contributed by atoms with van der Waals surface area (Å²) in [7, 11) is 3.19. The van der Waals surface area contributed by atoms with E-state index in [9.17, 15) is 48.9 Å². The lowest BCUT2D eigenvalue weighted by atomic mass is 9.76. The fraction of sp³-hybridized carbons (Fsp3) is 0.373. The highest BCUT2D eigenvalue weighted by Gasteiger charge is 2.45. The number of benzene rings is 4. The molecule has 16 nitrogen and oxygen atoms in total. The number of amides is 3. The predicted molar refractivity (Wildman–Crippen MR) is 290 cm³/mol. The van der Waals surface area contributed by atoms with Crippen LogP contribution in [0.3, 0.4) is 0 Å².